The number of ketones is 1. The van der Waals surface area contributed by atoms with E-state index in [-0.39, 0.29) is 23.7 Å². The minimum absolute atomic E-state index is 0.0170. The van der Waals surface area contributed by atoms with Crippen molar-refractivity contribution in [3.8, 4) is 11.5 Å². The van der Waals surface area contributed by atoms with E-state index in [1.807, 2.05) is 0 Å². The van der Waals surface area contributed by atoms with Gasteiger partial charge in [-0.2, -0.15) is 0 Å². The van der Waals surface area contributed by atoms with Crippen LogP contribution in [0.15, 0.2) is 12.1 Å². The lowest BCUT2D eigenvalue weighted by atomic mass is 10.0. The van der Waals surface area contributed by atoms with E-state index in [1.54, 1.807) is 0 Å². The van der Waals surface area contributed by atoms with Gasteiger partial charge in [-0.3, -0.25) is 4.79 Å². The molecule has 1 aliphatic heterocycles. The SMILES string of the molecule is O=C(O)C(=O)c1cc2c(cc1CF)OCO2. The van der Waals surface area contributed by atoms with Crippen LogP contribution in [0.5, 0.6) is 11.5 Å². The van der Waals surface area contributed by atoms with Crippen LogP contribution in [-0.2, 0) is 11.5 Å². The van der Waals surface area contributed by atoms with Gasteiger partial charge in [0.15, 0.2) is 11.5 Å². The van der Waals surface area contributed by atoms with Crippen LogP contribution in [0.1, 0.15) is 15.9 Å². The van der Waals surface area contributed by atoms with Crippen molar-refractivity contribution in [1.82, 2.24) is 0 Å². The van der Waals surface area contributed by atoms with Crippen LogP contribution in [0.4, 0.5) is 4.39 Å². The standard InChI is InChI=1S/C10H7FO5/c11-3-5-1-7-8(16-4-15-7)2-6(5)9(12)10(13)14/h1-2H,3-4H2,(H,13,14). The summed E-state index contributed by atoms with van der Waals surface area (Å²) in [6.45, 7) is -0.962. The number of aliphatic carboxylic acids is 1. The molecule has 0 amide bonds. The fraction of sp³-hybridized carbons (Fsp3) is 0.200. The van der Waals surface area contributed by atoms with Crippen LogP contribution >= 0.6 is 0 Å². The van der Waals surface area contributed by atoms with Gasteiger partial charge in [0, 0.05) is 5.56 Å². The molecule has 0 radical (unpaired) electrons. The van der Waals surface area contributed by atoms with Gasteiger partial charge in [0.2, 0.25) is 6.79 Å². The first kappa shape index (κ1) is 10.4. The minimum atomic E-state index is -1.63. The van der Waals surface area contributed by atoms with Crippen molar-refractivity contribution in [2.45, 2.75) is 6.67 Å². The third-order valence-corrected chi connectivity index (χ3v) is 2.18. The Morgan fingerprint density at radius 1 is 1.31 bits per heavy atom. The molecule has 5 nitrogen and oxygen atoms in total. The minimum Gasteiger partial charge on any atom is -0.475 e. The molecule has 1 N–H and O–H groups in total. The van der Waals surface area contributed by atoms with Gasteiger partial charge >= 0.3 is 5.97 Å². The van der Waals surface area contributed by atoms with E-state index in [1.165, 1.54) is 12.1 Å². The average molecular weight is 226 g/mol. The molecular weight excluding hydrogens is 219 g/mol. The smallest absolute Gasteiger partial charge is 0.377 e. The maximum atomic E-state index is 12.6. The Hall–Kier alpha value is -2.11. The number of Topliss-reactive ketones (excluding diaryl/α,β-unsaturated/α-hetero) is 1. The van der Waals surface area contributed by atoms with Crippen LogP contribution in [0.25, 0.3) is 0 Å². The fourth-order valence-corrected chi connectivity index (χ4v) is 1.42. The third-order valence-electron chi connectivity index (χ3n) is 2.18. The number of carboxylic acids is 1. The number of carbonyl (C=O) groups excluding carboxylic acids is 1. The van der Waals surface area contributed by atoms with Gasteiger partial charge in [0.05, 0.1) is 0 Å². The van der Waals surface area contributed by atoms with Crippen LogP contribution in [0, 0.1) is 0 Å². The number of ether oxygens (including phenoxy) is 2. The van der Waals surface area contributed by atoms with Gasteiger partial charge in [0.25, 0.3) is 5.78 Å². The van der Waals surface area contributed by atoms with E-state index in [0.29, 0.717) is 5.75 Å². The number of carbonyl (C=O) groups is 2. The summed E-state index contributed by atoms with van der Waals surface area (Å²) in [7, 11) is 0. The monoisotopic (exact) mass is 226 g/mol. The number of halogens is 1. The van der Waals surface area contributed by atoms with E-state index in [0.717, 1.165) is 0 Å². The molecule has 1 heterocycles. The average Bonchev–Trinajstić information content (AvgIpc) is 2.72. The maximum Gasteiger partial charge on any atom is 0.377 e. The summed E-state index contributed by atoms with van der Waals surface area (Å²) in [6.07, 6.45) is 0. The topological polar surface area (TPSA) is 72.8 Å². The molecule has 0 unspecified atom stereocenters. The molecule has 0 aliphatic carbocycles. The quantitative estimate of drug-likeness (QED) is 0.618. The van der Waals surface area contributed by atoms with Crippen molar-refractivity contribution in [1.29, 1.82) is 0 Å². The van der Waals surface area contributed by atoms with E-state index in [2.05, 4.69) is 0 Å². The number of alkyl halides is 1. The predicted octanol–water partition coefficient (Wildman–Crippen LogP) is 1.15. The van der Waals surface area contributed by atoms with Crippen molar-refractivity contribution in [2.75, 3.05) is 6.79 Å². The highest BCUT2D eigenvalue weighted by Crippen LogP contribution is 2.35. The molecule has 1 aliphatic rings. The lowest BCUT2D eigenvalue weighted by Gasteiger charge is -2.04. The predicted molar refractivity (Wildman–Crippen MR) is 49.3 cm³/mol. The number of hydrogen-bond acceptors (Lipinski definition) is 4. The zero-order valence-electron chi connectivity index (χ0n) is 8.03. The number of carboxylic acid groups (broad SMARTS) is 1. The number of fused-ring (bicyclic) bond motifs is 1. The Morgan fingerprint density at radius 2 is 1.94 bits per heavy atom. The summed E-state index contributed by atoms with van der Waals surface area (Å²) < 4.78 is 22.6. The second-order valence-electron chi connectivity index (χ2n) is 3.13. The summed E-state index contributed by atoms with van der Waals surface area (Å²) in [4.78, 5) is 21.8. The van der Waals surface area contributed by atoms with Gasteiger partial charge in [-0.15, -0.1) is 0 Å². The highest BCUT2D eigenvalue weighted by atomic mass is 19.1. The van der Waals surface area contributed by atoms with Crippen molar-refractivity contribution in [3.63, 3.8) is 0 Å². The highest BCUT2D eigenvalue weighted by molar-refractivity contribution is 6.40. The fourth-order valence-electron chi connectivity index (χ4n) is 1.42. The van der Waals surface area contributed by atoms with Gasteiger partial charge in [0.1, 0.15) is 6.67 Å². The van der Waals surface area contributed by atoms with Crippen molar-refractivity contribution in [2.24, 2.45) is 0 Å². The Morgan fingerprint density at radius 3 is 2.50 bits per heavy atom. The molecule has 0 spiro atoms. The zero-order chi connectivity index (χ0) is 11.7. The molecule has 0 saturated carbocycles. The Balaban J connectivity index is 2.52. The van der Waals surface area contributed by atoms with E-state index in [4.69, 9.17) is 14.6 Å². The lowest BCUT2D eigenvalue weighted by Crippen LogP contribution is -2.14. The first-order valence-electron chi connectivity index (χ1n) is 4.39. The van der Waals surface area contributed by atoms with Crippen LogP contribution in [0.2, 0.25) is 0 Å². The summed E-state index contributed by atoms with van der Waals surface area (Å²) in [5.41, 5.74) is -0.226. The van der Waals surface area contributed by atoms with Gasteiger partial charge in [-0.05, 0) is 17.7 Å². The van der Waals surface area contributed by atoms with Crippen molar-refractivity contribution >= 4 is 11.8 Å². The molecule has 6 heteroatoms. The summed E-state index contributed by atoms with van der Waals surface area (Å²) >= 11 is 0. The van der Waals surface area contributed by atoms with Crippen molar-refractivity contribution in [3.05, 3.63) is 23.3 Å². The Labute approximate surface area is 89.4 Å². The molecule has 0 fully saturated rings. The third kappa shape index (κ3) is 1.58. The summed E-state index contributed by atoms with van der Waals surface area (Å²) in [6, 6.07) is 2.46. The van der Waals surface area contributed by atoms with Crippen LogP contribution in [0.3, 0.4) is 0 Å². The van der Waals surface area contributed by atoms with E-state index >= 15 is 0 Å². The van der Waals surface area contributed by atoms with E-state index in [9.17, 15) is 14.0 Å². The van der Waals surface area contributed by atoms with Gasteiger partial charge < -0.3 is 14.6 Å². The van der Waals surface area contributed by atoms with Gasteiger partial charge in [-0.1, -0.05) is 0 Å². The Kier molecular flexibility index (Phi) is 2.47. The number of rotatable bonds is 3. The molecule has 16 heavy (non-hydrogen) atoms. The lowest BCUT2D eigenvalue weighted by molar-refractivity contribution is -0.131. The summed E-state index contributed by atoms with van der Waals surface area (Å²) in [5.74, 6) is -2.23. The largest absolute Gasteiger partial charge is 0.475 e. The molecular formula is C10H7FO5. The molecule has 0 saturated heterocycles. The first-order valence-corrected chi connectivity index (χ1v) is 4.39. The molecule has 84 valence electrons. The maximum absolute atomic E-state index is 12.6. The first-order chi connectivity index (χ1) is 7.63. The number of benzene rings is 1. The number of hydrogen-bond donors (Lipinski definition) is 1. The second kappa shape index (κ2) is 3.80. The van der Waals surface area contributed by atoms with Crippen LogP contribution < -0.4 is 9.47 Å². The molecule has 0 bridgehead atoms. The van der Waals surface area contributed by atoms with E-state index < -0.39 is 18.4 Å². The molecule has 2 rings (SSSR count). The van der Waals surface area contributed by atoms with Crippen molar-refractivity contribution < 1.29 is 28.6 Å². The molecule has 1 aromatic rings. The van der Waals surface area contributed by atoms with Gasteiger partial charge in [-0.25, -0.2) is 9.18 Å². The summed E-state index contributed by atoms with van der Waals surface area (Å²) in [5, 5.41) is 8.56. The second-order valence-corrected chi connectivity index (χ2v) is 3.13. The molecule has 1 aromatic carbocycles. The normalized spacial score (nSPS) is 12.6. The highest BCUT2D eigenvalue weighted by Gasteiger charge is 2.24. The molecule has 0 atom stereocenters. The Bertz CT molecular complexity index is 469. The van der Waals surface area contributed by atoms with Crippen LogP contribution in [-0.4, -0.2) is 23.7 Å². The molecule has 0 aromatic heterocycles. The zero-order valence-corrected chi connectivity index (χ0v) is 8.03.